The lowest BCUT2D eigenvalue weighted by Gasteiger charge is -2.16. The number of carboxylic acid groups (broad SMARTS) is 1. The molecule has 1 rings (SSSR count). The molecule has 0 saturated carbocycles. The number of nitrogens with one attached hydrogen (secondary N) is 2. The van der Waals surface area contributed by atoms with Crippen LogP contribution < -0.4 is 10.6 Å². The third-order valence-electron chi connectivity index (χ3n) is 2.22. The van der Waals surface area contributed by atoms with Crippen molar-refractivity contribution in [3.63, 3.8) is 0 Å². The molecule has 1 atom stereocenters. The summed E-state index contributed by atoms with van der Waals surface area (Å²) in [7, 11) is 0. The number of amides is 2. The largest absolute Gasteiger partial charge is 0.480 e. The Balaban J connectivity index is 2.39. The van der Waals surface area contributed by atoms with E-state index in [-0.39, 0.29) is 12.5 Å². The van der Waals surface area contributed by atoms with E-state index in [0.717, 1.165) is 0 Å². The van der Waals surface area contributed by atoms with Gasteiger partial charge in [0, 0.05) is 6.07 Å². The quantitative estimate of drug-likeness (QED) is 0.702. The number of hydrogen-bond acceptors (Lipinski definition) is 4. The van der Waals surface area contributed by atoms with Gasteiger partial charge >= 0.3 is 12.0 Å². The molecule has 0 unspecified atom stereocenters. The van der Waals surface area contributed by atoms with Crippen molar-refractivity contribution < 1.29 is 19.2 Å². The van der Waals surface area contributed by atoms with Gasteiger partial charge in [-0.1, -0.05) is 19.0 Å². The minimum atomic E-state index is -1.04. The third kappa shape index (κ3) is 4.86. The van der Waals surface area contributed by atoms with Crippen molar-refractivity contribution in [1.29, 1.82) is 0 Å². The van der Waals surface area contributed by atoms with Crippen LogP contribution in [0.4, 0.5) is 4.79 Å². The van der Waals surface area contributed by atoms with Gasteiger partial charge in [-0.05, 0) is 12.3 Å². The van der Waals surface area contributed by atoms with E-state index in [1.807, 2.05) is 13.8 Å². The monoisotopic (exact) mass is 255 g/mol. The number of hydrogen-bond donors (Lipinski definition) is 3. The molecule has 18 heavy (non-hydrogen) atoms. The summed E-state index contributed by atoms with van der Waals surface area (Å²) in [5.74, 6) is -0.361. The molecule has 100 valence electrons. The van der Waals surface area contributed by atoms with Crippen molar-refractivity contribution in [2.75, 3.05) is 0 Å². The summed E-state index contributed by atoms with van der Waals surface area (Å²) < 4.78 is 4.79. The molecule has 7 nitrogen and oxygen atoms in total. The van der Waals surface area contributed by atoms with E-state index in [1.54, 1.807) is 6.07 Å². The number of nitrogens with zero attached hydrogens (tertiary/aromatic N) is 1. The zero-order chi connectivity index (χ0) is 13.5. The topological polar surface area (TPSA) is 104 Å². The van der Waals surface area contributed by atoms with Gasteiger partial charge in [-0.15, -0.1) is 0 Å². The maximum atomic E-state index is 11.5. The van der Waals surface area contributed by atoms with Crippen LogP contribution in [-0.2, 0) is 11.3 Å². The molecule has 7 heteroatoms. The number of carboxylic acids is 1. The number of carbonyl (C=O) groups is 2. The van der Waals surface area contributed by atoms with E-state index in [0.29, 0.717) is 12.2 Å². The number of aliphatic carboxylic acids is 1. The minimum absolute atomic E-state index is 0.167. The van der Waals surface area contributed by atoms with Crippen LogP contribution in [0.2, 0.25) is 0 Å². The molecule has 0 fully saturated rings. The summed E-state index contributed by atoms with van der Waals surface area (Å²) in [5.41, 5.74) is 0. The average Bonchev–Trinajstić information content (AvgIpc) is 2.77. The van der Waals surface area contributed by atoms with E-state index in [1.165, 1.54) is 6.20 Å². The SMILES string of the molecule is CC(C)C[C@H](NC(=O)NCc1ccno1)C(=O)O. The van der Waals surface area contributed by atoms with Crippen molar-refractivity contribution in [1.82, 2.24) is 15.8 Å². The number of aromatic nitrogens is 1. The first-order valence-corrected chi connectivity index (χ1v) is 5.65. The van der Waals surface area contributed by atoms with E-state index < -0.39 is 18.0 Å². The smallest absolute Gasteiger partial charge is 0.326 e. The number of rotatable bonds is 6. The standard InChI is InChI=1S/C11H17N3O4/c1-7(2)5-9(10(15)16)14-11(17)12-6-8-3-4-13-18-8/h3-4,7,9H,5-6H2,1-2H3,(H,15,16)(H2,12,14,17)/t9-/m0/s1. The zero-order valence-corrected chi connectivity index (χ0v) is 10.3. The van der Waals surface area contributed by atoms with Gasteiger partial charge in [0.2, 0.25) is 0 Å². The molecular weight excluding hydrogens is 238 g/mol. The Morgan fingerprint density at radius 2 is 2.22 bits per heavy atom. The van der Waals surface area contributed by atoms with Crippen molar-refractivity contribution in [2.24, 2.45) is 5.92 Å². The second kappa shape index (κ2) is 6.63. The highest BCUT2D eigenvalue weighted by Crippen LogP contribution is 2.04. The van der Waals surface area contributed by atoms with Crippen LogP contribution in [0.5, 0.6) is 0 Å². The van der Waals surface area contributed by atoms with Crippen molar-refractivity contribution in [2.45, 2.75) is 32.9 Å². The Hall–Kier alpha value is -2.05. The normalized spacial score (nSPS) is 12.2. The third-order valence-corrected chi connectivity index (χ3v) is 2.22. The molecule has 0 saturated heterocycles. The van der Waals surface area contributed by atoms with Gasteiger partial charge in [-0.2, -0.15) is 0 Å². The fraction of sp³-hybridized carbons (Fsp3) is 0.545. The van der Waals surface area contributed by atoms with Gasteiger partial charge in [-0.3, -0.25) is 0 Å². The highest BCUT2D eigenvalue weighted by molar-refractivity contribution is 5.82. The molecule has 0 radical (unpaired) electrons. The van der Waals surface area contributed by atoms with Crippen LogP contribution in [0, 0.1) is 5.92 Å². The maximum Gasteiger partial charge on any atom is 0.326 e. The Kier molecular flexibility index (Phi) is 5.16. The van der Waals surface area contributed by atoms with Crippen molar-refractivity contribution >= 4 is 12.0 Å². The molecule has 2 amide bonds. The highest BCUT2D eigenvalue weighted by Gasteiger charge is 2.20. The molecule has 0 aliphatic heterocycles. The second-order valence-corrected chi connectivity index (χ2v) is 4.33. The Labute approximate surface area is 105 Å². The summed E-state index contributed by atoms with van der Waals surface area (Å²) in [5, 5.41) is 17.3. The number of urea groups is 1. The van der Waals surface area contributed by atoms with Crippen LogP contribution >= 0.6 is 0 Å². The molecule has 0 aliphatic rings. The van der Waals surface area contributed by atoms with Gasteiger partial charge in [0.25, 0.3) is 0 Å². The summed E-state index contributed by atoms with van der Waals surface area (Å²) in [6.07, 6.45) is 1.85. The second-order valence-electron chi connectivity index (χ2n) is 4.33. The number of carbonyl (C=O) groups excluding carboxylic acids is 1. The predicted molar refractivity (Wildman–Crippen MR) is 62.8 cm³/mol. The molecule has 1 aromatic heterocycles. The first-order chi connectivity index (χ1) is 8.49. The molecule has 0 aliphatic carbocycles. The van der Waals surface area contributed by atoms with Crippen molar-refractivity contribution in [3.05, 3.63) is 18.0 Å². The van der Waals surface area contributed by atoms with Crippen LogP contribution in [0.25, 0.3) is 0 Å². The Bertz CT molecular complexity index is 389. The molecule has 1 heterocycles. The summed E-state index contributed by atoms with van der Waals surface area (Å²) in [6.45, 7) is 3.95. The maximum absolute atomic E-state index is 11.5. The van der Waals surface area contributed by atoms with Gasteiger partial charge in [0.15, 0.2) is 5.76 Å². The fourth-order valence-corrected chi connectivity index (χ4v) is 1.40. The Morgan fingerprint density at radius 3 is 2.72 bits per heavy atom. The minimum Gasteiger partial charge on any atom is -0.480 e. The summed E-state index contributed by atoms with van der Waals surface area (Å²) in [4.78, 5) is 22.4. The van der Waals surface area contributed by atoms with E-state index in [9.17, 15) is 9.59 Å². The van der Waals surface area contributed by atoms with Crippen LogP contribution in [0.15, 0.2) is 16.8 Å². The molecule has 3 N–H and O–H groups in total. The van der Waals surface area contributed by atoms with Crippen LogP contribution in [0.3, 0.4) is 0 Å². The van der Waals surface area contributed by atoms with E-state index >= 15 is 0 Å². The van der Waals surface area contributed by atoms with Crippen LogP contribution in [0.1, 0.15) is 26.0 Å². The zero-order valence-electron chi connectivity index (χ0n) is 10.3. The molecular formula is C11H17N3O4. The van der Waals surface area contributed by atoms with E-state index in [2.05, 4.69) is 15.8 Å². The van der Waals surface area contributed by atoms with Gasteiger partial charge < -0.3 is 20.3 Å². The molecule has 0 spiro atoms. The lowest BCUT2D eigenvalue weighted by Crippen LogP contribution is -2.46. The summed E-state index contributed by atoms with van der Waals surface area (Å²) in [6, 6.07) is 0.183. The van der Waals surface area contributed by atoms with E-state index in [4.69, 9.17) is 9.63 Å². The first kappa shape index (κ1) is 14.0. The lowest BCUT2D eigenvalue weighted by atomic mass is 10.0. The summed E-state index contributed by atoms with van der Waals surface area (Å²) >= 11 is 0. The highest BCUT2D eigenvalue weighted by atomic mass is 16.5. The van der Waals surface area contributed by atoms with Gasteiger partial charge in [0.1, 0.15) is 6.04 Å². The average molecular weight is 255 g/mol. The van der Waals surface area contributed by atoms with Gasteiger partial charge in [-0.25, -0.2) is 9.59 Å². The lowest BCUT2D eigenvalue weighted by molar-refractivity contribution is -0.139. The molecule has 0 bridgehead atoms. The molecule has 0 aromatic carbocycles. The first-order valence-electron chi connectivity index (χ1n) is 5.65. The predicted octanol–water partition coefficient (Wildman–Crippen LogP) is 0.973. The fourth-order valence-electron chi connectivity index (χ4n) is 1.40. The van der Waals surface area contributed by atoms with Crippen molar-refractivity contribution in [3.8, 4) is 0 Å². The Morgan fingerprint density at radius 1 is 1.50 bits per heavy atom. The molecule has 1 aromatic rings. The van der Waals surface area contributed by atoms with Crippen LogP contribution in [-0.4, -0.2) is 28.3 Å². The van der Waals surface area contributed by atoms with Gasteiger partial charge in [0.05, 0.1) is 12.7 Å².